The number of ether oxygens (including phenoxy) is 1. The van der Waals surface area contributed by atoms with Crippen LogP contribution in [0.2, 0.25) is 0 Å². The van der Waals surface area contributed by atoms with Gasteiger partial charge in [-0.15, -0.1) is 0 Å². The maximum absolute atomic E-state index is 13.1. The maximum atomic E-state index is 13.1. The van der Waals surface area contributed by atoms with E-state index < -0.39 is 5.97 Å². The molecule has 7 nitrogen and oxygen atoms in total. The van der Waals surface area contributed by atoms with Crippen molar-refractivity contribution < 1.29 is 19.4 Å². The van der Waals surface area contributed by atoms with Crippen molar-refractivity contribution in [1.29, 1.82) is 0 Å². The van der Waals surface area contributed by atoms with E-state index in [2.05, 4.69) is 10.3 Å². The Bertz CT molecular complexity index is 894. The fourth-order valence-corrected chi connectivity index (χ4v) is 3.42. The molecular formula is C18H17N4O3+. The molecular weight excluding hydrogens is 320 g/mol. The lowest BCUT2D eigenvalue weighted by molar-refractivity contribution is -1.46. The summed E-state index contributed by atoms with van der Waals surface area (Å²) in [5.41, 5.74) is 3.61. The van der Waals surface area contributed by atoms with E-state index in [1.807, 2.05) is 36.4 Å². The van der Waals surface area contributed by atoms with Gasteiger partial charge in [0, 0.05) is 15.8 Å². The van der Waals surface area contributed by atoms with Gasteiger partial charge < -0.3 is 9.94 Å². The monoisotopic (exact) mass is 337 g/mol. The topological polar surface area (TPSA) is 78.5 Å². The Balaban J connectivity index is 1.82. The first-order chi connectivity index (χ1) is 12.2. The molecule has 2 aliphatic rings. The number of nitrogens with one attached hydrogen (secondary N) is 1. The van der Waals surface area contributed by atoms with Crippen LogP contribution < -0.4 is 5.17 Å². The van der Waals surface area contributed by atoms with Gasteiger partial charge in [0.1, 0.15) is 6.20 Å². The van der Waals surface area contributed by atoms with Crippen molar-refractivity contribution >= 4 is 11.7 Å². The van der Waals surface area contributed by atoms with Crippen LogP contribution >= 0.6 is 0 Å². The Kier molecular flexibility index (Phi) is 3.69. The van der Waals surface area contributed by atoms with Gasteiger partial charge in [0.2, 0.25) is 5.70 Å². The van der Waals surface area contributed by atoms with Crippen molar-refractivity contribution in [1.82, 2.24) is 0 Å². The quantitative estimate of drug-likeness (QED) is 0.528. The highest BCUT2D eigenvalue weighted by Gasteiger charge is 2.50. The highest BCUT2D eigenvalue weighted by atomic mass is 16.6. The zero-order valence-electron chi connectivity index (χ0n) is 13.7. The number of carbonyl (C=O) groups is 1. The highest BCUT2D eigenvalue weighted by molar-refractivity contribution is 5.92. The summed E-state index contributed by atoms with van der Waals surface area (Å²) in [6.07, 6.45) is 1.61. The normalized spacial score (nSPS) is 23.6. The fourth-order valence-electron chi connectivity index (χ4n) is 3.42. The third-order valence-corrected chi connectivity index (χ3v) is 4.63. The molecule has 0 fully saturated rings. The number of methoxy groups -OCH3 is 1. The predicted octanol–water partition coefficient (Wildman–Crippen LogP) is 1.98. The Morgan fingerprint density at radius 1 is 1.24 bits per heavy atom. The van der Waals surface area contributed by atoms with Crippen molar-refractivity contribution in [3.8, 4) is 0 Å². The molecule has 0 saturated carbocycles. The number of fused-ring (bicyclic) bond motifs is 3. The van der Waals surface area contributed by atoms with Crippen LogP contribution in [0.4, 0.5) is 0 Å². The molecule has 2 unspecified atom stereocenters. The lowest BCUT2D eigenvalue weighted by Gasteiger charge is -2.41. The lowest BCUT2D eigenvalue weighted by atomic mass is 9.96. The van der Waals surface area contributed by atoms with Crippen molar-refractivity contribution in [2.45, 2.75) is 13.1 Å². The molecule has 0 amide bonds. The smallest absolute Gasteiger partial charge is 0.338 e. The summed E-state index contributed by atoms with van der Waals surface area (Å²) in [5, 5.41) is 21.2. The Morgan fingerprint density at radius 2 is 2.04 bits per heavy atom. The molecule has 0 saturated heterocycles. The Morgan fingerprint density at radius 3 is 2.80 bits per heavy atom. The van der Waals surface area contributed by atoms with Crippen LogP contribution in [0.3, 0.4) is 0 Å². The molecule has 2 heterocycles. The van der Waals surface area contributed by atoms with Gasteiger partial charge in [-0.3, -0.25) is 0 Å². The molecule has 0 aromatic heterocycles. The second-order valence-corrected chi connectivity index (χ2v) is 6.03. The number of carbonyl (C=O) groups excluding carboxylic acids is 1. The van der Waals surface area contributed by atoms with E-state index in [1.54, 1.807) is 18.3 Å². The second kappa shape index (κ2) is 5.89. The van der Waals surface area contributed by atoms with Crippen LogP contribution in [0.25, 0.3) is 5.70 Å². The van der Waals surface area contributed by atoms with E-state index in [1.165, 1.54) is 7.11 Å². The van der Waals surface area contributed by atoms with Gasteiger partial charge in [0.05, 0.1) is 23.5 Å². The van der Waals surface area contributed by atoms with Crippen LogP contribution in [0.1, 0.15) is 27.0 Å². The number of hydrogen-bond donors (Lipinski definition) is 1. The molecule has 7 heteroatoms. The molecule has 0 spiro atoms. The molecule has 2 aromatic carbocycles. The molecule has 25 heavy (non-hydrogen) atoms. The molecule has 4 rings (SSSR count). The zero-order chi connectivity index (χ0) is 17.4. The van der Waals surface area contributed by atoms with Gasteiger partial charge in [0.15, 0.2) is 13.1 Å². The summed E-state index contributed by atoms with van der Waals surface area (Å²) in [4.78, 5) is 12.1. The lowest BCUT2D eigenvalue weighted by Crippen LogP contribution is -3.18. The minimum atomic E-state index is -0.444. The van der Waals surface area contributed by atoms with Crippen LogP contribution in [-0.4, -0.2) is 17.8 Å². The summed E-state index contributed by atoms with van der Waals surface area (Å²) < 4.78 is 4.66. The second-order valence-electron chi connectivity index (χ2n) is 6.03. The molecule has 0 radical (unpaired) electrons. The van der Waals surface area contributed by atoms with Crippen molar-refractivity contribution in [3.05, 3.63) is 82.2 Å². The number of rotatable bonds is 3. The zero-order valence-corrected chi connectivity index (χ0v) is 13.7. The number of benzene rings is 2. The molecule has 2 aliphatic heterocycles. The number of esters is 1. The minimum absolute atomic E-state index is 0.111. The molecule has 0 bridgehead atoms. The van der Waals surface area contributed by atoms with Crippen LogP contribution in [0, 0.1) is 5.21 Å². The number of hydrogen-bond acceptors (Lipinski definition) is 5. The average molecular weight is 337 g/mol. The first-order valence-electron chi connectivity index (χ1n) is 7.95. The van der Waals surface area contributed by atoms with Gasteiger partial charge in [0.25, 0.3) is 0 Å². The van der Waals surface area contributed by atoms with Gasteiger partial charge in [-0.05, 0) is 12.1 Å². The molecule has 2 atom stereocenters. The third kappa shape index (κ3) is 2.37. The van der Waals surface area contributed by atoms with Crippen molar-refractivity contribution in [2.75, 3.05) is 7.11 Å². The molecule has 1 N–H and O–H groups in total. The van der Waals surface area contributed by atoms with Crippen LogP contribution in [0.5, 0.6) is 0 Å². The number of nitrogens with zero attached hydrogens (tertiary/aromatic N) is 3. The van der Waals surface area contributed by atoms with E-state index in [0.29, 0.717) is 23.4 Å². The summed E-state index contributed by atoms with van der Waals surface area (Å²) in [7, 11) is 1.33. The Labute approximate surface area is 144 Å². The summed E-state index contributed by atoms with van der Waals surface area (Å²) in [6.45, 7) is 0.515. The predicted molar refractivity (Wildman–Crippen MR) is 89.1 cm³/mol. The van der Waals surface area contributed by atoms with E-state index in [9.17, 15) is 10.0 Å². The number of hydroxylamine groups is 1. The van der Waals surface area contributed by atoms with E-state index in [-0.39, 0.29) is 16.4 Å². The van der Waals surface area contributed by atoms with Crippen molar-refractivity contribution in [3.63, 3.8) is 0 Å². The van der Waals surface area contributed by atoms with Crippen LogP contribution in [-0.2, 0) is 17.8 Å². The SMILES string of the molecule is COC(=O)c1cccc2c1C[NH+]([O-])[N+]1(Cc3ccccc3)N=NC=C21. The average Bonchev–Trinajstić information content (AvgIpc) is 3.07. The van der Waals surface area contributed by atoms with Gasteiger partial charge in [-0.1, -0.05) is 41.5 Å². The van der Waals surface area contributed by atoms with Crippen molar-refractivity contribution in [2.24, 2.45) is 10.3 Å². The third-order valence-electron chi connectivity index (χ3n) is 4.63. The first kappa shape index (κ1) is 15.6. The van der Waals surface area contributed by atoms with E-state index in [0.717, 1.165) is 11.1 Å². The highest BCUT2D eigenvalue weighted by Crippen LogP contribution is 2.37. The van der Waals surface area contributed by atoms with E-state index in [4.69, 9.17) is 4.74 Å². The Hall–Kier alpha value is -2.87. The number of quaternary nitrogens is 2. The molecule has 126 valence electrons. The van der Waals surface area contributed by atoms with Gasteiger partial charge >= 0.3 is 5.97 Å². The van der Waals surface area contributed by atoms with E-state index >= 15 is 0 Å². The largest absolute Gasteiger partial charge is 0.581 e. The molecule has 2 aromatic rings. The van der Waals surface area contributed by atoms with Crippen LogP contribution in [0.15, 0.2) is 65.1 Å². The van der Waals surface area contributed by atoms with Gasteiger partial charge in [-0.2, -0.15) is 5.17 Å². The maximum Gasteiger partial charge on any atom is 0.338 e. The first-order valence-corrected chi connectivity index (χ1v) is 7.95. The summed E-state index contributed by atoms with van der Waals surface area (Å²) in [5.74, 6) is -0.444. The summed E-state index contributed by atoms with van der Waals surface area (Å²) >= 11 is 0. The fraction of sp³-hybridized carbons (Fsp3) is 0.167. The summed E-state index contributed by atoms with van der Waals surface area (Å²) in [6, 6.07) is 15.1. The molecule has 0 aliphatic carbocycles. The standard InChI is InChI=1S/C18H17N4O3/c1-25-18(23)15-9-5-8-14-16(15)11-21(24)22(17(14)10-19-20-22)12-13-6-3-2-4-7-13/h2-10,21H,11-12H2,1H3/q+1. The minimum Gasteiger partial charge on any atom is -0.581 e. The van der Waals surface area contributed by atoms with Gasteiger partial charge in [-0.25, -0.2) is 4.79 Å².